The van der Waals surface area contributed by atoms with Crippen molar-refractivity contribution in [2.24, 2.45) is 0 Å². The number of hydrogen-bond acceptors (Lipinski definition) is 4. The number of fused-ring (bicyclic) bond motifs is 1. The van der Waals surface area contributed by atoms with Gasteiger partial charge in [0.1, 0.15) is 13.2 Å². The first-order valence-electron chi connectivity index (χ1n) is 8.55. The fraction of sp³-hybridized carbons (Fsp3) is 0.611. The Balaban J connectivity index is 1.62. The van der Waals surface area contributed by atoms with Gasteiger partial charge in [0.25, 0.3) is 0 Å². The van der Waals surface area contributed by atoms with Crippen LogP contribution >= 0.6 is 0 Å². The predicted octanol–water partition coefficient (Wildman–Crippen LogP) is 2.34. The van der Waals surface area contributed by atoms with Crippen LogP contribution in [0.3, 0.4) is 0 Å². The van der Waals surface area contributed by atoms with Gasteiger partial charge in [-0.1, -0.05) is 19.4 Å². The summed E-state index contributed by atoms with van der Waals surface area (Å²) in [6.45, 7) is 7.84. The Kier molecular flexibility index (Phi) is 4.76. The maximum absolute atomic E-state index is 12.5. The monoisotopic (exact) mass is 318 g/mol. The summed E-state index contributed by atoms with van der Waals surface area (Å²) >= 11 is 0. The number of likely N-dealkylation sites (tertiary alicyclic amines) is 1. The lowest BCUT2D eigenvalue weighted by Gasteiger charge is -2.49. The normalized spacial score (nSPS) is 23.2. The summed E-state index contributed by atoms with van der Waals surface area (Å²) in [5.41, 5.74) is 0.766. The Morgan fingerprint density at radius 1 is 1.30 bits per heavy atom. The van der Waals surface area contributed by atoms with E-state index in [1.54, 1.807) is 0 Å². The summed E-state index contributed by atoms with van der Waals surface area (Å²) in [4.78, 5) is 14.7. The molecule has 0 aromatic heterocycles. The van der Waals surface area contributed by atoms with Gasteiger partial charge in [-0.25, -0.2) is 0 Å². The predicted molar refractivity (Wildman–Crippen MR) is 88.8 cm³/mol. The molecular weight excluding hydrogens is 292 g/mol. The number of benzene rings is 1. The fourth-order valence-corrected chi connectivity index (χ4v) is 3.09. The number of nitrogens with zero attached hydrogens (tertiary/aromatic N) is 1. The molecule has 1 aromatic rings. The molecule has 2 heterocycles. The first-order chi connectivity index (χ1) is 11.1. The Hall–Kier alpha value is -1.75. The minimum absolute atomic E-state index is 0.148. The summed E-state index contributed by atoms with van der Waals surface area (Å²) in [7, 11) is 0. The maximum atomic E-state index is 12.5. The lowest BCUT2D eigenvalue weighted by atomic mass is 9.85. The summed E-state index contributed by atoms with van der Waals surface area (Å²) in [5.74, 6) is 1.77. The van der Waals surface area contributed by atoms with Crippen molar-refractivity contribution in [2.45, 2.75) is 45.2 Å². The molecule has 2 aliphatic heterocycles. The zero-order chi connectivity index (χ0) is 16.3. The number of ether oxygens (including phenoxy) is 2. The average Bonchev–Trinajstić information content (AvgIpc) is 2.58. The van der Waals surface area contributed by atoms with Crippen molar-refractivity contribution in [1.82, 2.24) is 10.2 Å². The standard InChI is InChI=1S/C18H26N2O3/c1-3-4-8-19-17(21)18(2)7-9-20(18)13-14-5-6-15-16(12-14)23-11-10-22-15/h5-6,12H,3-4,7-11,13H2,1-2H3,(H,19,21). The second-order valence-electron chi connectivity index (χ2n) is 6.53. The van der Waals surface area contributed by atoms with Gasteiger partial charge in [0.2, 0.25) is 5.91 Å². The zero-order valence-electron chi connectivity index (χ0n) is 14.1. The molecule has 1 N–H and O–H groups in total. The third-order valence-electron chi connectivity index (χ3n) is 4.85. The van der Waals surface area contributed by atoms with Gasteiger partial charge in [0.05, 0.1) is 5.54 Å². The number of unbranched alkanes of at least 4 members (excludes halogenated alkanes) is 1. The molecule has 1 saturated heterocycles. The maximum Gasteiger partial charge on any atom is 0.240 e. The quantitative estimate of drug-likeness (QED) is 0.818. The van der Waals surface area contributed by atoms with Crippen LogP contribution in [0.2, 0.25) is 0 Å². The molecule has 1 amide bonds. The van der Waals surface area contributed by atoms with E-state index in [1.807, 2.05) is 19.1 Å². The molecule has 0 radical (unpaired) electrons. The van der Waals surface area contributed by atoms with Crippen molar-refractivity contribution in [3.8, 4) is 11.5 Å². The first kappa shape index (κ1) is 16.1. The highest BCUT2D eigenvalue weighted by Crippen LogP contribution is 2.35. The van der Waals surface area contributed by atoms with Crippen LogP contribution in [0, 0.1) is 0 Å². The lowest BCUT2D eigenvalue weighted by Crippen LogP contribution is -2.65. The minimum Gasteiger partial charge on any atom is -0.486 e. The van der Waals surface area contributed by atoms with E-state index in [4.69, 9.17) is 9.47 Å². The molecule has 0 saturated carbocycles. The summed E-state index contributed by atoms with van der Waals surface area (Å²) < 4.78 is 11.2. The highest BCUT2D eigenvalue weighted by atomic mass is 16.6. The van der Waals surface area contributed by atoms with Crippen molar-refractivity contribution in [2.75, 3.05) is 26.3 Å². The van der Waals surface area contributed by atoms with E-state index in [9.17, 15) is 4.79 Å². The fourth-order valence-electron chi connectivity index (χ4n) is 3.09. The molecule has 1 aromatic carbocycles. The van der Waals surface area contributed by atoms with Crippen LogP contribution in [0.1, 0.15) is 38.7 Å². The van der Waals surface area contributed by atoms with E-state index < -0.39 is 0 Å². The summed E-state index contributed by atoms with van der Waals surface area (Å²) in [6.07, 6.45) is 3.04. The van der Waals surface area contributed by atoms with Crippen molar-refractivity contribution in [3.63, 3.8) is 0 Å². The summed E-state index contributed by atoms with van der Waals surface area (Å²) in [6, 6.07) is 6.05. The lowest BCUT2D eigenvalue weighted by molar-refractivity contribution is -0.141. The van der Waals surface area contributed by atoms with Gasteiger partial charge in [-0.2, -0.15) is 0 Å². The van der Waals surface area contributed by atoms with Gasteiger partial charge in [0, 0.05) is 19.6 Å². The topological polar surface area (TPSA) is 50.8 Å². The summed E-state index contributed by atoms with van der Waals surface area (Å²) in [5, 5.41) is 3.07. The van der Waals surface area contributed by atoms with Crippen molar-refractivity contribution in [3.05, 3.63) is 23.8 Å². The Labute approximate surface area is 137 Å². The van der Waals surface area contributed by atoms with Gasteiger partial charge in [-0.3, -0.25) is 9.69 Å². The zero-order valence-corrected chi connectivity index (χ0v) is 14.1. The molecule has 23 heavy (non-hydrogen) atoms. The Bertz CT molecular complexity index is 575. The molecule has 0 aliphatic carbocycles. The van der Waals surface area contributed by atoms with Crippen LogP contribution in [-0.4, -0.2) is 42.6 Å². The third kappa shape index (κ3) is 3.29. The largest absolute Gasteiger partial charge is 0.486 e. The smallest absolute Gasteiger partial charge is 0.240 e. The number of rotatable bonds is 6. The van der Waals surface area contributed by atoms with E-state index >= 15 is 0 Å². The van der Waals surface area contributed by atoms with Crippen LogP contribution in [0.25, 0.3) is 0 Å². The minimum atomic E-state index is -0.388. The van der Waals surface area contributed by atoms with Crippen LogP contribution in [0.5, 0.6) is 11.5 Å². The van der Waals surface area contributed by atoms with Crippen LogP contribution in [0.15, 0.2) is 18.2 Å². The molecule has 0 bridgehead atoms. The van der Waals surface area contributed by atoms with Gasteiger partial charge < -0.3 is 14.8 Å². The molecule has 2 aliphatic rings. The number of hydrogen-bond donors (Lipinski definition) is 1. The van der Waals surface area contributed by atoms with Gasteiger partial charge in [-0.15, -0.1) is 0 Å². The number of carbonyl (C=O) groups excluding carboxylic acids is 1. The van der Waals surface area contributed by atoms with Crippen molar-refractivity contribution < 1.29 is 14.3 Å². The number of amides is 1. The van der Waals surface area contributed by atoms with E-state index in [0.717, 1.165) is 56.0 Å². The molecule has 1 unspecified atom stereocenters. The highest BCUT2D eigenvalue weighted by Gasteiger charge is 2.46. The number of nitrogens with one attached hydrogen (secondary N) is 1. The second kappa shape index (κ2) is 6.79. The molecule has 5 nitrogen and oxygen atoms in total. The van der Waals surface area contributed by atoms with Crippen molar-refractivity contribution in [1.29, 1.82) is 0 Å². The first-order valence-corrected chi connectivity index (χ1v) is 8.55. The molecular formula is C18H26N2O3. The Morgan fingerprint density at radius 2 is 2.09 bits per heavy atom. The van der Waals surface area contributed by atoms with E-state index in [2.05, 4.69) is 23.2 Å². The van der Waals surface area contributed by atoms with Crippen LogP contribution < -0.4 is 14.8 Å². The van der Waals surface area contributed by atoms with Crippen molar-refractivity contribution >= 4 is 5.91 Å². The van der Waals surface area contributed by atoms with Gasteiger partial charge in [-0.05, 0) is 37.5 Å². The van der Waals surface area contributed by atoms with E-state index in [-0.39, 0.29) is 11.4 Å². The number of carbonyl (C=O) groups is 1. The van der Waals surface area contributed by atoms with E-state index in [1.165, 1.54) is 0 Å². The van der Waals surface area contributed by atoms with Gasteiger partial charge in [0.15, 0.2) is 11.5 Å². The second-order valence-corrected chi connectivity index (χ2v) is 6.53. The molecule has 1 fully saturated rings. The van der Waals surface area contributed by atoms with E-state index in [0.29, 0.717) is 13.2 Å². The Morgan fingerprint density at radius 3 is 2.78 bits per heavy atom. The average molecular weight is 318 g/mol. The molecule has 5 heteroatoms. The molecule has 1 atom stereocenters. The molecule has 0 spiro atoms. The van der Waals surface area contributed by atoms with Crippen LogP contribution in [0.4, 0.5) is 0 Å². The molecule has 3 rings (SSSR count). The van der Waals surface area contributed by atoms with Gasteiger partial charge >= 0.3 is 0 Å². The highest BCUT2D eigenvalue weighted by molar-refractivity contribution is 5.86. The van der Waals surface area contributed by atoms with Crippen LogP contribution in [-0.2, 0) is 11.3 Å². The SMILES string of the molecule is CCCCNC(=O)C1(C)CCN1Cc1ccc2c(c1)OCCO2. The third-order valence-corrected chi connectivity index (χ3v) is 4.85. The molecule has 126 valence electrons.